The molecular formula is C20H32F6N2O6. The third-order valence-corrected chi connectivity index (χ3v) is 5.89. The molecule has 3 saturated heterocycles. The summed E-state index contributed by atoms with van der Waals surface area (Å²) in [7, 11) is 4.44. The van der Waals surface area contributed by atoms with E-state index in [1.54, 1.807) is 0 Å². The van der Waals surface area contributed by atoms with Gasteiger partial charge in [-0.25, -0.2) is 9.59 Å². The predicted octanol–water partition coefficient (Wildman–Crippen LogP) is 2.86. The molecule has 3 heterocycles. The van der Waals surface area contributed by atoms with Crippen molar-refractivity contribution in [3.8, 4) is 0 Å². The number of carboxylic acid groups (broad SMARTS) is 2. The van der Waals surface area contributed by atoms with E-state index < -0.39 is 24.3 Å². The molecule has 3 rings (SSSR count). The van der Waals surface area contributed by atoms with Gasteiger partial charge in [-0.2, -0.15) is 26.3 Å². The second-order valence-corrected chi connectivity index (χ2v) is 8.60. The Balaban J connectivity index is 0.000000343. The Kier molecular flexibility index (Phi) is 12.0. The SMILES string of the molecule is CN1CCC(COC[C@@H]2CC[C@H]3[C@H](CCN3C)O2)CC1.O=C(O)C(F)(F)F.O=C(O)C(F)(F)F. The van der Waals surface area contributed by atoms with Crippen LogP contribution in [0.15, 0.2) is 0 Å². The Morgan fingerprint density at radius 3 is 1.82 bits per heavy atom. The largest absolute Gasteiger partial charge is 0.490 e. The summed E-state index contributed by atoms with van der Waals surface area (Å²) in [5, 5.41) is 14.2. The number of nitrogens with zero attached hydrogens (tertiary/aromatic N) is 2. The molecule has 0 unspecified atom stereocenters. The van der Waals surface area contributed by atoms with E-state index >= 15 is 0 Å². The van der Waals surface area contributed by atoms with Crippen LogP contribution in [0.5, 0.6) is 0 Å². The second-order valence-electron chi connectivity index (χ2n) is 8.60. The lowest BCUT2D eigenvalue weighted by atomic mass is 9.98. The molecule has 3 aliphatic rings. The first-order valence-electron chi connectivity index (χ1n) is 10.8. The number of fused-ring (bicyclic) bond motifs is 1. The number of ether oxygens (including phenoxy) is 2. The number of piperidine rings is 1. The Morgan fingerprint density at radius 2 is 1.35 bits per heavy atom. The van der Waals surface area contributed by atoms with E-state index in [0.717, 1.165) is 19.1 Å². The summed E-state index contributed by atoms with van der Waals surface area (Å²) in [6.45, 7) is 5.38. The Labute approximate surface area is 193 Å². The molecule has 14 heteroatoms. The van der Waals surface area contributed by atoms with Crippen molar-refractivity contribution in [1.82, 2.24) is 9.80 Å². The molecule has 0 amide bonds. The van der Waals surface area contributed by atoms with Crippen molar-refractivity contribution in [2.75, 3.05) is 46.9 Å². The maximum Gasteiger partial charge on any atom is 0.490 e. The number of rotatable bonds is 4. The normalized spacial score (nSPS) is 26.5. The van der Waals surface area contributed by atoms with Crippen LogP contribution >= 0.6 is 0 Å². The zero-order valence-corrected chi connectivity index (χ0v) is 19.1. The van der Waals surface area contributed by atoms with E-state index in [-0.39, 0.29) is 0 Å². The summed E-state index contributed by atoms with van der Waals surface area (Å²) >= 11 is 0. The van der Waals surface area contributed by atoms with Crippen molar-refractivity contribution in [2.45, 2.75) is 62.7 Å². The highest BCUT2D eigenvalue weighted by Crippen LogP contribution is 2.30. The number of carboxylic acids is 2. The Bertz CT molecular complexity index is 616. The molecule has 0 bridgehead atoms. The quantitative estimate of drug-likeness (QED) is 0.558. The molecule has 0 saturated carbocycles. The minimum absolute atomic E-state index is 0.342. The standard InChI is InChI=1S/C16H30N2O2.2C2HF3O2/c1-17-8-5-13(6-9-17)11-19-12-14-3-4-15-16(20-14)7-10-18(15)2;2*3-2(4,5)1(6)7/h13-16H,3-12H2,1-2H3;2*(H,6,7)/t14-,15-,16-;;/m0../s1. The lowest BCUT2D eigenvalue weighted by Gasteiger charge is -2.35. The van der Waals surface area contributed by atoms with Crippen molar-refractivity contribution in [3.05, 3.63) is 0 Å². The summed E-state index contributed by atoms with van der Waals surface area (Å²) < 4.78 is 75.7. The van der Waals surface area contributed by atoms with Crippen LogP contribution in [0.25, 0.3) is 0 Å². The number of carbonyl (C=O) groups is 2. The zero-order valence-electron chi connectivity index (χ0n) is 19.1. The average Bonchev–Trinajstić information content (AvgIpc) is 3.09. The van der Waals surface area contributed by atoms with Gasteiger partial charge in [0.1, 0.15) is 0 Å². The van der Waals surface area contributed by atoms with Gasteiger partial charge in [0.15, 0.2) is 0 Å². The lowest BCUT2D eigenvalue weighted by Crippen LogP contribution is -2.42. The van der Waals surface area contributed by atoms with Crippen molar-refractivity contribution in [1.29, 1.82) is 0 Å². The molecule has 0 aliphatic carbocycles. The fraction of sp³-hybridized carbons (Fsp3) is 0.900. The third kappa shape index (κ3) is 11.2. The van der Waals surface area contributed by atoms with Gasteiger partial charge in [-0.15, -0.1) is 0 Å². The second kappa shape index (κ2) is 13.4. The van der Waals surface area contributed by atoms with Crippen LogP contribution in [0, 0.1) is 5.92 Å². The Hall–Kier alpha value is -1.64. The molecule has 34 heavy (non-hydrogen) atoms. The monoisotopic (exact) mass is 510 g/mol. The molecule has 8 nitrogen and oxygen atoms in total. The summed E-state index contributed by atoms with van der Waals surface area (Å²) in [4.78, 5) is 22.7. The fourth-order valence-corrected chi connectivity index (χ4v) is 3.93. The van der Waals surface area contributed by atoms with Crippen LogP contribution in [0.1, 0.15) is 32.1 Å². The fourth-order valence-electron chi connectivity index (χ4n) is 3.93. The number of likely N-dealkylation sites (tertiary alicyclic amines) is 2. The van der Waals surface area contributed by atoms with Gasteiger partial charge < -0.3 is 29.5 Å². The lowest BCUT2D eigenvalue weighted by molar-refractivity contribution is -0.193. The highest BCUT2D eigenvalue weighted by atomic mass is 19.4. The molecule has 0 aromatic heterocycles. The molecule has 3 aliphatic heterocycles. The number of likely N-dealkylation sites (N-methyl/N-ethyl adjacent to an activating group) is 1. The van der Waals surface area contributed by atoms with Crippen LogP contribution in [0.3, 0.4) is 0 Å². The van der Waals surface area contributed by atoms with Crippen molar-refractivity contribution in [2.24, 2.45) is 5.92 Å². The van der Waals surface area contributed by atoms with E-state index in [2.05, 4.69) is 23.9 Å². The molecule has 3 fully saturated rings. The molecular weight excluding hydrogens is 478 g/mol. The van der Waals surface area contributed by atoms with Crippen LogP contribution < -0.4 is 0 Å². The molecule has 0 spiro atoms. The van der Waals surface area contributed by atoms with Gasteiger partial charge in [0, 0.05) is 19.2 Å². The highest BCUT2D eigenvalue weighted by molar-refractivity contribution is 5.73. The number of hydrogen-bond donors (Lipinski definition) is 2. The maximum atomic E-state index is 10.6. The van der Waals surface area contributed by atoms with Gasteiger partial charge in [0.05, 0.1) is 18.8 Å². The summed E-state index contributed by atoms with van der Waals surface area (Å²) in [5.74, 6) is -4.75. The Morgan fingerprint density at radius 1 is 0.853 bits per heavy atom. The van der Waals surface area contributed by atoms with Gasteiger partial charge in [-0.3, -0.25) is 0 Å². The molecule has 3 atom stereocenters. The topological polar surface area (TPSA) is 99.5 Å². The summed E-state index contributed by atoms with van der Waals surface area (Å²) in [5.41, 5.74) is 0. The van der Waals surface area contributed by atoms with E-state index in [0.29, 0.717) is 18.2 Å². The summed E-state index contributed by atoms with van der Waals surface area (Å²) in [6, 6.07) is 0.667. The number of aliphatic carboxylic acids is 2. The van der Waals surface area contributed by atoms with Crippen molar-refractivity contribution in [3.63, 3.8) is 0 Å². The average molecular weight is 510 g/mol. The van der Waals surface area contributed by atoms with Crippen LogP contribution in [-0.4, -0.2) is 109 Å². The van der Waals surface area contributed by atoms with Gasteiger partial charge in [0.2, 0.25) is 0 Å². The minimum atomic E-state index is -5.08. The molecule has 2 N–H and O–H groups in total. The molecule has 200 valence electrons. The number of alkyl halides is 6. The number of hydrogen-bond acceptors (Lipinski definition) is 6. The van der Waals surface area contributed by atoms with Crippen molar-refractivity contribution >= 4 is 11.9 Å². The highest BCUT2D eigenvalue weighted by Gasteiger charge is 2.39. The smallest absolute Gasteiger partial charge is 0.475 e. The number of halogens is 6. The predicted molar refractivity (Wildman–Crippen MR) is 107 cm³/mol. The van der Waals surface area contributed by atoms with Gasteiger partial charge in [-0.1, -0.05) is 0 Å². The van der Waals surface area contributed by atoms with Gasteiger partial charge in [-0.05, 0) is 65.2 Å². The summed E-state index contributed by atoms with van der Waals surface area (Å²) in [6.07, 6.45) is -3.14. The minimum Gasteiger partial charge on any atom is -0.475 e. The maximum absolute atomic E-state index is 10.6. The third-order valence-electron chi connectivity index (χ3n) is 5.89. The van der Waals surface area contributed by atoms with Gasteiger partial charge in [0.25, 0.3) is 0 Å². The van der Waals surface area contributed by atoms with E-state index in [9.17, 15) is 26.3 Å². The first-order valence-corrected chi connectivity index (χ1v) is 10.8. The van der Waals surface area contributed by atoms with E-state index in [1.165, 1.54) is 51.7 Å². The van der Waals surface area contributed by atoms with Crippen molar-refractivity contribution < 1.29 is 55.6 Å². The van der Waals surface area contributed by atoms with E-state index in [4.69, 9.17) is 29.3 Å². The van der Waals surface area contributed by atoms with Gasteiger partial charge >= 0.3 is 24.3 Å². The van der Waals surface area contributed by atoms with Crippen LogP contribution in [0.4, 0.5) is 26.3 Å². The molecule has 0 aromatic carbocycles. The zero-order chi connectivity index (χ0) is 26.1. The van der Waals surface area contributed by atoms with E-state index in [1.807, 2.05) is 0 Å². The van der Waals surface area contributed by atoms with Crippen LogP contribution in [-0.2, 0) is 19.1 Å². The molecule has 0 radical (unpaired) electrons. The molecule has 0 aromatic rings. The first kappa shape index (κ1) is 30.4. The first-order chi connectivity index (χ1) is 15.6. The van der Waals surface area contributed by atoms with Crippen LogP contribution in [0.2, 0.25) is 0 Å².